The number of hydrogen-bond donors (Lipinski definition) is 1. The van der Waals surface area contributed by atoms with Crippen molar-refractivity contribution in [3.05, 3.63) is 54.0 Å². The predicted octanol–water partition coefficient (Wildman–Crippen LogP) is 2.67. The number of aromatic nitrogens is 3. The van der Waals surface area contributed by atoms with Crippen molar-refractivity contribution in [3.8, 4) is 5.75 Å². The Morgan fingerprint density at radius 2 is 2.19 bits per heavy atom. The Kier molecular flexibility index (Phi) is 3.68. The molecule has 5 nitrogen and oxygen atoms in total. The van der Waals surface area contributed by atoms with Gasteiger partial charge in [-0.05, 0) is 36.8 Å². The molecule has 0 aliphatic carbocycles. The van der Waals surface area contributed by atoms with Crippen molar-refractivity contribution in [2.24, 2.45) is 0 Å². The number of rotatable bonds is 5. The molecular weight excluding hydrogens is 271 g/mol. The second-order valence-electron chi connectivity index (χ2n) is 4.68. The van der Waals surface area contributed by atoms with Crippen LogP contribution in [-0.4, -0.2) is 27.7 Å². The van der Waals surface area contributed by atoms with Crippen molar-refractivity contribution >= 4 is 11.6 Å². The molecule has 2 aromatic heterocycles. The number of anilines is 1. The topological polar surface area (TPSA) is 51.5 Å². The lowest BCUT2D eigenvalue weighted by atomic mass is 10.2. The van der Waals surface area contributed by atoms with E-state index in [0.717, 1.165) is 11.3 Å². The van der Waals surface area contributed by atoms with Crippen LogP contribution in [0.2, 0.25) is 0 Å². The van der Waals surface area contributed by atoms with Gasteiger partial charge >= 0.3 is 0 Å². The molecule has 2 heterocycles. The number of benzene rings is 1. The summed E-state index contributed by atoms with van der Waals surface area (Å²) in [6.07, 6.45) is 1.29. The van der Waals surface area contributed by atoms with Crippen molar-refractivity contribution in [2.45, 2.75) is 6.92 Å². The molecule has 3 rings (SSSR count). The van der Waals surface area contributed by atoms with Crippen LogP contribution < -0.4 is 10.1 Å². The summed E-state index contributed by atoms with van der Waals surface area (Å²) in [5, 5.41) is 7.18. The van der Waals surface area contributed by atoms with E-state index in [1.165, 1.54) is 16.8 Å². The average Bonchev–Trinajstić information content (AvgIpc) is 2.85. The maximum absolute atomic E-state index is 13.0. The van der Waals surface area contributed by atoms with Crippen LogP contribution >= 0.6 is 0 Å². The van der Waals surface area contributed by atoms with E-state index in [-0.39, 0.29) is 5.82 Å². The van der Waals surface area contributed by atoms with Gasteiger partial charge in [0.05, 0.1) is 12.7 Å². The first-order valence-electron chi connectivity index (χ1n) is 6.66. The van der Waals surface area contributed by atoms with Crippen molar-refractivity contribution in [1.82, 2.24) is 14.6 Å². The molecule has 0 spiro atoms. The summed E-state index contributed by atoms with van der Waals surface area (Å²) in [6, 6.07) is 10.8. The molecule has 0 aliphatic rings. The number of halogens is 1. The maximum atomic E-state index is 13.0. The Hall–Kier alpha value is -2.63. The number of ether oxygens (including phenoxy) is 1. The zero-order valence-corrected chi connectivity index (χ0v) is 11.6. The fourth-order valence-corrected chi connectivity index (χ4v) is 1.97. The standard InChI is InChI=1S/C15H15FN4O/c1-11-3-2-4-13(9-11)21-8-7-17-15-18-14-6-5-12(16)10-20(14)19-15/h2-6,9-10H,7-8H2,1H3,(H,17,19). The summed E-state index contributed by atoms with van der Waals surface area (Å²) in [7, 11) is 0. The Labute approximate surface area is 121 Å². The molecular formula is C15H15FN4O. The monoisotopic (exact) mass is 286 g/mol. The first kappa shape index (κ1) is 13.4. The van der Waals surface area contributed by atoms with Crippen LogP contribution in [0.15, 0.2) is 42.6 Å². The average molecular weight is 286 g/mol. The molecule has 0 amide bonds. The fraction of sp³-hybridized carbons (Fsp3) is 0.200. The lowest BCUT2D eigenvalue weighted by Gasteiger charge is -2.06. The molecule has 0 radical (unpaired) electrons. The lowest BCUT2D eigenvalue weighted by molar-refractivity contribution is 0.332. The van der Waals surface area contributed by atoms with Gasteiger partial charge in [-0.15, -0.1) is 5.10 Å². The molecule has 6 heteroatoms. The largest absolute Gasteiger partial charge is 0.492 e. The summed E-state index contributed by atoms with van der Waals surface area (Å²) in [5.41, 5.74) is 1.75. The van der Waals surface area contributed by atoms with Crippen LogP contribution in [-0.2, 0) is 0 Å². The number of aryl methyl sites for hydroxylation is 1. The van der Waals surface area contributed by atoms with Gasteiger partial charge in [0.15, 0.2) is 5.65 Å². The minimum atomic E-state index is -0.346. The number of pyridine rings is 1. The van der Waals surface area contributed by atoms with Crippen LogP contribution in [0.5, 0.6) is 5.75 Å². The molecule has 0 bridgehead atoms. The number of hydrogen-bond acceptors (Lipinski definition) is 4. The van der Waals surface area contributed by atoms with Gasteiger partial charge in [-0.2, -0.15) is 4.98 Å². The van der Waals surface area contributed by atoms with Crippen molar-refractivity contribution in [1.29, 1.82) is 0 Å². The number of fused-ring (bicyclic) bond motifs is 1. The Morgan fingerprint density at radius 3 is 3.05 bits per heavy atom. The molecule has 0 saturated carbocycles. The van der Waals surface area contributed by atoms with Crippen LogP contribution in [0.1, 0.15) is 5.56 Å². The highest BCUT2D eigenvalue weighted by Gasteiger charge is 2.03. The SMILES string of the molecule is Cc1cccc(OCCNc2nc3ccc(F)cn3n2)c1. The predicted molar refractivity (Wildman–Crippen MR) is 78.1 cm³/mol. The molecule has 108 valence electrons. The third-order valence-electron chi connectivity index (χ3n) is 2.94. The number of nitrogens with one attached hydrogen (secondary N) is 1. The second kappa shape index (κ2) is 5.78. The van der Waals surface area contributed by atoms with Crippen molar-refractivity contribution in [2.75, 3.05) is 18.5 Å². The normalized spacial score (nSPS) is 10.8. The molecule has 0 unspecified atom stereocenters. The Morgan fingerprint density at radius 1 is 1.29 bits per heavy atom. The smallest absolute Gasteiger partial charge is 0.243 e. The van der Waals surface area contributed by atoms with E-state index < -0.39 is 0 Å². The zero-order chi connectivity index (χ0) is 14.7. The lowest BCUT2D eigenvalue weighted by Crippen LogP contribution is -2.12. The van der Waals surface area contributed by atoms with Crippen LogP contribution in [0, 0.1) is 12.7 Å². The molecule has 0 saturated heterocycles. The van der Waals surface area contributed by atoms with Crippen LogP contribution in [0.25, 0.3) is 5.65 Å². The van der Waals surface area contributed by atoms with Gasteiger partial charge in [-0.3, -0.25) is 0 Å². The van der Waals surface area contributed by atoms with E-state index in [9.17, 15) is 4.39 Å². The first-order chi connectivity index (χ1) is 10.2. The highest BCUT2D eigenvalue weighted by atomic mass is 19.1. The summed E-state index contributed by atoms with van der Waals surface area (Å²) >= 11 is 0. The molecule has 1 aromatic carbocycles. The minimum Gasteiger partial charge on any atom is -0.492 e. The molecule has 0 atom stereocenters. The van der Waals surface area contributed by atoms with Gasteiger partial charge in [0.1, 0.15) is 18.2 Å². The van der Waals surface area contributed by atoms with E-state index in [0.29, 0.717) is 24.7 Å². The van der Waals surface area contributed by atoms with E-state index >= 15 is 0 Å². The quantitative estimate of drug-likeness (QED) is 0.733. The van der Waals surface area contributed by atoms with Crippen LogP contribution in [0.3, 0.4) is 0 Å². The zero-order valence-electron chi connectivity index (χ0n) is 11.6. The van der Waals surface area contributed by atoms with Gasteiger partial charge in [-0.25, -0.2) is 8.91 Å². The maximum Gasteiger partial charge on any atom is 0.243 e. The molecule has 3 aromatic rings. The highest BCUT2D eigenvalue weighted by Crippen LogP contribution is 2.12. The third kappa shape index (κ3) is 3.28. The molecule has 0 aliphatic heterocycles. The van der Waals surface area contributed by atoms with Crippen molar-refractivity contribution in [3.63, 3.8) is 0 Å². The molecule has 1 N–H and O–H groups in total. The van der Waals surface area contributed by atoms with Gasteiger partial charge in [0.2, 0.25) is 5.95 Å². The highest BCUT2D eigenvalue weighted by molar-refractivity contribution is 5.43. The van der Waals surface area contributed by atoms with Gasteiger partial charge in [0.25, 0.3) is 0 Å². The second-order valence-corrected chi connectivity index (χ2v) is 4.68. The summed E-state index contributed by atoms with van der Waals surface area (Å²) in [4.78, 5) is 4.23. The van der Waals surface area contributed by atoms with Gasteiger partial charge in [-0.1, -0.05) is 12.1 Å². The first-order valence-corrected chi connectivity index (χ1v) is 6.66. The van der Waals surface area contributed by atoms with E-state index in [4.69, 9.17) is 4.74 Å². The summed E-state index contributed by atoms with van der Waals surface area (Å²) < 4.78 is 20.1. The summed E-state index contributed by atoms with van der Waals surface area (Å²) in [5.74, 6) is 0.942. The summed E-state index contributed by atoms with van der Waals surface area (Å²) in [6.45, 7) is 3.07. The van der Waals surface area contributed by atoms with Gasteiger partial charge in [0, 0.05) is 0 Å². The number of nitrogens with zero attached hydrogens (tertiary/aromatic N) is 3. The Bertz CT molecular complexity index is 756. The Balaban J connectivity index is 1.54. The van der Waals surface area contributed by atoms with E-state index in [2.05, 4.69) is 15.4 Å². The van der Waals surface area contributed by atoms with Gasteiger partial charge < -0.3 is 10.1 Å². The third-order valence-corrected chi connectivity index (χ3v) is 2.94. The van der Waals surface area contributed by atoms with E-state index in [1.807, 2.05) is 31.2 Å². The minimum absolute atomic E-state index is 0.346. The fourth-order valence-electron chi connectivity index (χ4n) is 1.97. The van der Waals surface area contributed by atoms with Crippen molar-refractivity contribution < 1.29 is 9.13 Å². The van der Waals surface area contributed by atoms with E-state index in [1.54, 1.807) is 6.07 Å². The molecule has 0 fully saturated rings. The molecule has 21 heavy (non-hydrogen) atoms. The van der Waals surface area contributed by atoms with Crippen LogP contribution in [0.4, 0.5) is 10.3 Å².